The lowest BCUT2D eigenvalue weighted by atomic mass is 10.1. The van der Waals surface area contributed by atoms with Crippen molar-refractivity contribution in [1.29, 1.82) is 0 Å². The molecule has 0 amide bonds. The van der Waals surface area contributed by atoms with Crippen LogP contribution in [0.3, 0.4) is 0 Å². The molecule has 1 aliphatic heterocycles. The molecule has 0 bridgehead atoms. The van der Waals surface area contributed by atoms with Gasteiger partial charge in [-0.25, -0.2) is 8.42 Å². The summed E-state index contributed by atoms with van der Waals surface area (Å²) < 4.78 is 36.6. The summed E-state index contributed by atoms with van der Waals surface area (Å²) >= 11 is 0. The van der Waals surface area contributed by atoms with E-state index in [1.807, 2.05) is 11.0 Å². The lowest BCUT2D eigenvalue weighted by Gasteiger charge is -2.35. The summed E-state index contributed by atoms with van der Waals surface area (Å²) in [7, 11) is -1.72. The minimum absolute atomic E-state index is 0. The van der Waals surface area contributed by atoms with Crippen LogP contribution >= 0.6 is 24.0 Å². The van der Waals surface area contributed by atoms with Gasteiger partial charge in [0.05, 0.1) is 17.9 Å². The summed E-state index contributed by atoms with van der Waals surface area (Å²) in [5, 5.41) is 11.0. The molecule has 0 atom stereocenters. The second-order valence-electron chi connectivity index (χ2n) is 6.91. The van der Waals surface area contributed by atoms with Gasteiger partial charge in [-0.2, -0.15) is 4.31 Å². The average molecular weight is 538 g/mol. The molecule has 0 aliphatic carbocycles. The highest BCUT2D eigenvalue weighted by molar-refractivity contribution is 14.0. The quantitative estimate of drug-likeness (QED) is 0.335. The second-order valence-corrected chi connectivity index (χ2v) is 8.88. The van der Waals surface area contributed by atoms with E-state index < -0.39 is 10.0 Å². The predicted molar refractivity (Wildman–Crippen MR) is 118 cm³/mol. The maximum Gasteiger partial charge on any atom is 0.220 e. The molecule has 1 N–H and O–H groups in total. The molecular weight excluding hydrogens is 511 g/mol. The number of sulfonamides is 1. The maximum absolute atomic E-state index is 12.5. The lowest BCUT2D eigenvalue weighted by molar-refractivity contribution is 0.259. The molecule has 3 rings (SSSR count). The fourth-order valence-electron chi connectivity index (χ4n) is 2.95. The first-order valence-electron chi connectivity index (χ1n) is 9.17. The summed E-state index contributed by atoms with van der Waals surface area (Å²) in [6.07, 6.45) is 1.37. The summed E-state index contributed by atoms with van der Waals surface area (Å²) in [6, 6.07) is 3.49. The molecular formula is C17H27IN6O4S. The lowest BCUT2D eigenvalue weighted by Crippen LogP contribution is -2.53. The van der Waals surface area contributed by atoms with Crippen LogP contribution in [0, 0.1) is 0 Å². The molecule has 0 saturated carbocycles. The first-order valence-corrected chi connectivity index (χ1v) is 10.8. The van der Waals surface area contributed by atoms with Gasteiger partial charge in [0.15, 0.2) is 11.7 Å². The van der Waals surface area contributed by atoms with Crippen molar-refractivity contribution in [1.82, 2.24) is 24.8 Å². The number of nitrogens with one attached hydrogen (secondary N) is 1. The minimum Gasteiger partial charge on any atom is -0.364 e. The zero-order valence-electron chi connectivity index (χ0n) is 16.7. The van der Waals surface area contributed by atoms with E-state index in [-0.39, 0.29) is 29.7 Å². The number of aromatic nitrogens is 2. The van der Waals surface area contributed by atoms with Gasteiger partial charge in [0.2, 0.25) is 10.0 Å². The molecule has 0 radical (unpaired) electrons. The number of guanidine groups is 1. The molecule has 12 heteroatoms. The van der Waals surface area contributed by atoms with Crippen molar-refractivity contribution < 1.29 is 17.5 Å². The van der Waals surface area contributed by atoms with E-state index in [2.05, 4.69) is 34.5 Å². The van der Waals surface area contributed by atoms with Crippen molar-refractivity contribution in [3.63, 3.8) is 0 Å². The third-order valence-electron chi connectivity index (χ3n) is 4.55. The van der Waals surface area contributed by atoms with Gasteiger partial charge in [-0.1, -0.05) is 24.2 Å². The zero-order valence-corrected chi connectivity index (χ0v) is 19.9. The first-order chi connectivity index (χ1) is 13.4. The van der Waals surface area contributed by atoms with Crippen LogP contribution in [0.15, 0.2) is 32.4 Å². The number of nitrogens with zero attached hydrogens (tertiary/aromatic N) is 5. The van der Waals surface area contributed by atoms with Crippen LogP contribution < -0.4 is 5.32 Å². The molecule has 0 unspecified atom stereocenters. The van der Waals surface area contributed by atoms with Crippen molar-refractivity contribution in [2.45, 2.75) is 32.1 Å². The van der Waals surface area contributed by atoms with Crippen molar-refractivity contribution >= 4 is 40.0 Å². The normalized spacial score (nSPS) is 16.1. The Morgan fingerprint density at radius 2 is 2.00 bits per heavy atom. The highest BCUT2D eigenvalue weighted by atomic mass is 127. The smallest absolute Gasteiger partial charge is 0.220 e. The van der Waals surface area contributed by atoms with E-state index in [9.17, 15) is 8.42 Å². The number of piperazine rings is 1. The van der Waals surface area contributed by atoms with Gasteiger partial charge in [-0.05, 0) is 5.92 Å². The summed E-state index contributed by atoms with van der Waals surface area (Å²) in [4.78, 5) is 6.33. The van der Waals surface area contributed by atoms with Crippen molar-refractivity contribution in [2.75, 3.05) is 33.2 Å². The van der Waals surface area contributed by atoms with Crippen molar-refractivity contribution in [3.05, 3.63) is 35.5 Å². The monoisotopic (exact) mass is 538 g/mol. The van der Waals surface area contributed by atoms with E-state index in [1.54, 1.807) is 13.1 Å². The van der Waals surface area contributed by atoms with Crippen LogP contribution in [0.2, 0.25) is 0 Å². The van der Waals surface area contributed by atoms with Crippen LogP contribution in [0.1, 0.15) is 36.9 Å². The van der Waals surface area contributed by atoms with Crippen molar-refractivity contribution in [2.24, 2.45) is 4.99 Å². The highest BCUT2D eigenvalue weighted by Gasteiger charge is 2.29. The van der Waals surface area contributed by atoms with E-state index in [1.165, 1.54) is 10.6 Å². The fraction of sp³-hybridized carbons (Fsp3) is 0.588. The molecule has 162 valence electrons. The van der Waals surface area contributed by atoms with Crippen LogP contribution in [-0.4, -0.2) is 67.1 Å². The largest absolute Gasteiger partial charge is 0.364 e. The summed E-state index contributed by atoms with van der Waals surface area (Å²) in [5.74, 6) is 1.60. The molecule has 3 heterocycles. The van der Waals surface area contributed by atoms with Gasteiger partial charge in [0.1, 0.15) is 12.0 Å². The second kappa shape index (κ2) is 10.4. The molecule has 0 aromatic carbocycles. The molecule has 2 aromatic rings. The molecule has 1 saturated heterocycles. The number of hydrogen-bond donors (Lipinski definition) is 1. The Morgan fingerprint density at radius 3 is 2.55 bits per heavy atom. The number of halogens is 1. The molecule has 0 spiro atoms. The Hall–Kier alpha value is -1.67. The van der Waals surface area contributed by atoms with Gasteiger partial charge in [-0.15, -0.1) is 24.0 Å². The van der Waals surface area contributed by atoms with Gasteiger partial charge in [0, 0.05) is 45.4 Å². The van der Waals surface area contributed by atoms with Gasteiger partial charge >= 0.3 is 0 Å². The highest BCUT2D eigenvalue weighted by Crippen LogP contribution is 2.15. The Balaban J connectivity index is 0.00000300. The average Bonchev–Trinajstić information content (AvgIpc) is 3.34. The van der Waals surface area contributed by atoms with Crippen LogP contribution in [0.25, 0.3) is 0 Å². The fourth-order valence-corrected chi connectivity index (χ4v) is 4.38. The number of aliphatic imine (C=N–C) groups is 1. The minimum atomic E-state index is -3.42. The Bertz CT molecular complexity index is 889. The van der Waals surface area contributed by atoms with Crippen LogP contribution in [0.5, 0.6) is 0 Å². The Morgan fingerprint density at radius 1 is 1.28 bits per heavy atom. The standard InChI is InChI=1S/C17H26N6O4S.HI/c1-13(2)16-10-15(27-21-16)11-19-17(18-3)22-5-7-23(8-6-22)28(24,25)12-14-4-9-26-20-14;/h4,9-10,13H,5-8,11-12H2,1-3H3,(H,18,19);1H. The van der Waals surface area contributed by atoms with Gasteiger partial charge in [0.25, 0.3) is 0 Å². The molecule has 10 nitrogen and oxygen atoms in total. The van der Waals surface area contributed by atoms with E-state index in [0.717, 1.165) is 11.5 Å². The predicted octanol–water partition coefficient (Wildman–Crippen LogP) is 1.63. The third-order valence-corrected chi connectivity index (χ3v) is 6.37. The molecule has 1 aliphatic rings. The molecule has 2 aromatic heterocycles. The molecule has 1 fully saturated rings. The number of hydrogen-bond acceptors (Lipinski definition) is 7. The SMILES string of the molecule is CN=C(NCc1cc(C(C)C)no1)N1CCN(S(=O)(=O)Cc2ccon2)CC1.I. The van der Waals surface area contributed by atoms with E-state index in [0.29, 0.717) is 50.3 Å². The topological polar surface area (TPSA) is 117 Å². The number of rotatable bonds is 6. The Kier molecular flexibility index (Phi) is 8.46. The maximum atomic E-state index is 12.5. The van der Waals surface area contributed by atoms with Crippen LogP contribution in [0.4, 0.5) is 0 Å². The summed E-state index contributed by atoms with van der Waals surface area (Å²) in [5.41, 5.74) is 1.32. The van der Waals surface area contributed by atoms with Gasteiger partial charge in [-0.3, -0.25) is 4.99 Å². The Labute approximate surface area is 187 Å². The first kappa shape index (κ1) is 23.6. The van der Waals surface area contributed by atoms with Crippen molar-refractivity contribution in [3.8, 4) is 0 Å². The third kappa shape index (κ3) is 6.15. The van der Waals surface area contributed by atoms with E-state index in [4.69, 9.17) is 9.05 Å². The van der Waals surface area contributed by atoms with Gasteiger partial charge < -0.3 is 19.3 Å². The zero-order chi connectivity index (χ0) is 20.1. The van der Waals surface area contributed by atoms with E-state index >= 15 is 0 Å². The summed E-state index contributed by atoms with van der Waals surface area (Å²) in [6.45, 7) is 6.46. The van der Waals surface area contributed by atoms with Crippen LogP contribution in [-0.2, 0) is 22.3 Å². The molecule has 29 heavy (non-hydrogen) atoms.